The summed E-state index contributed by atoms with van der Waals surface area (Å²) in [6.45, 7) is 7.25. The van der Waals surface area contributed by atoms with Gasteiger partial charge >= 0.3 is 11.9 Å². The summed E-state index contributed by atoms with van der Waals surface area (Å²) < 4.78 is 14.5. The molecule has 7 nitrogen and oxygen atoms in total. The number of aromatic carboxylic acids is 2. The second-order valence-corrected chi connectivity index (χ2v) is 20.6. The summed E-state index contributed by atoms with van der Waals surface area (Å²) in [7, 11) is 12.3. The predicted octanol–water partition coefficient (Wildman–Crippen LogP) is 14.6. The third-order valence-corrected chi connectivity index (χ3v) is 12.4. The van der Waals surface area contributed by atoms with Crippen molar-refractivity contribution in [2.75, 3.05) is 55.4 Å². The third kappa shape index (κ3) is 36.1. The lowest BCUT2D eigenvalue weighted by atomic mass is 10.0. The van der Waals surface area contributed by atoms with Gasteiger partial charge in [-0.15, -0.1) is 0 Å². The number of rotatable bonds is 34. The van der Waals surface area contributed by atoms with Crippen LogP contribution in [-0.2, 0) is 10.8 Å². The summed E-state index contributed by atoms with van der Waals surface area (Å²) in [6, 6.07) is 11.4. The second-order valence-electron chi connectivity index (χ2n) is 19.1. The van der Waals surface area contributed by atoms with E-state index >= 15 is 0 Å². The Morgan fingerprint density at radius 3 is 0.767 bits per heavy atom. The first-order valence-electron chi connectivity index (χ1n) is 24.3. The summed E-state index contributed by atoms with van der Waals surface area (Å²) in [6.07, 6.45) is 40.7. The summed E-state index contributed by atoms with van der Waals surface area (Å²) in [5, 5.41) is 17.6. The Bertz CT molecular complexity index is 1230. The second kappa shape index (κ2) is 37.0. The smallest absolute Gasteiger partial charge is 0.335 e. The van der Waals surface area contributed by atoms with Crippen LogP contribution in [0.4, 0.5) is 0 Å². The molecule has 2 aromatic rings. The van der Waals surface area contributed by atoms with Crippen LogP contribution in [0.25, 0.3) is 0 Å². The van der Waals surface area contributed by atoms with Crippen LogP contribution < -0.4 is 0 Å². The summed E-state index contributed by atoms with van der Waals surface area (Å²) in [4.78, 5) is 22.4. The van der Waals surface area contributed by atoms with Gasteiger partial charge in [-0.05, 0) is 74.2 Å². The monoisotopic (exact) mass is 859 g/mol. The topological polar surface area (TPSA) is 91.7 Å². The van der Waals surface area contributed by atoms with Crippen molar-refractivity contribution in [3.8, 4) is 0 Å². The van der Waals surface area contributed by atoms with Crippen LogP contribution in [0.5, 0.6) is 0 Å². The van der Waals surface area contributed by atoms with Gasteiger partial charge in [0.15, 0.2) is 0 Å². The van der Waals surface area contributed by atoms with Crippen LogP contribution in [-0.4, -0.2) is 90.7 Å². The van der Waals surface area contributed by atoms with E-state index < -0.39 is 22.7 Å². The number of benzene rings is 2. The molecule has 0 aliphatic carbocycles. The van der Waals surface area contributed by atoms with Crippen molar-refractivity contribution in [2.24, 2.45) is 0 Å². The van der Waals surface area contributed by atoms with Crippen LogP contribution in [0, 0.1) is 0 Å². The first kappa shape index (κ1) is 57.4. The molecule has 2 aromatic carbocycles. The Balaban J connectivity index is 0.000000870. The minimum atomic E-state index is -1.48. The molecule has 0 heterocycles. The van der Waals surface area contributed by atoms with Gasteiger partial charge in [-0.3, -0.25) is 0 Å². The molecule has 0 unspecified atom stereocenters. The maximum Gasteiger partial charge on any atom is 0.335 e. The normalized spacial score (nSPS) is 11.5. The van der Waals surface area contributed by atoms with Crippen LogP contribution in [0.15, 0.2) is 58.3 Å². The van der Waals surface area contributed by atoms with Gasteiger partial charge in [-0.1, -0.05) is 168 Å². The zero-order chi connectivity index (χ0) is 44.9. The molecular weight excluding hydrogens is 765 g/mol. The van der Waals surface area contributed by atoms with Crippen molar-refractivity contribution >= 4 is 22.7 Å². The molecule has 2 rings (SSSR count). The number of carboxylic acid groups (broad SMARTS) is 2. The van der Waals surface area contributed by atoms with E-state index in [-0.39, 0.29) is 11.1 Å². The van der Waals surface area contributed by atoms with E-state index in [2.05, 4.69) is 56.1 Å². The van der Waals surface area contributed by atoms with Crippen LogP contribution in [0.3, 0.4) is 0 Å². The summed E-state index contributed by atoms with van der Waals surface area (Å²) in [5.74, 6) is -2.10. The Morgan fingerprint density at radius 2 is 0.583 bits per heavy atom. The standard InChI is InChI=1S/2C19H42N.C14H10O5S/c2*1-5-6-7-8-9-10-11-12-13-14-15-16-17-18-19-20(2,3)4;15-13(16)9-1-5-11(6-2-9)20(19)12-7-3-10(4-8-12)14(17)18/h2*5-19H2,1-4H3;1-8H,(H,15,16)(H,17,18)/q2*+1;. The zero-order valence-corrected chi connectivity index (χ0v) is 41.1. The SMILES string of the molecule is CCCCCCCCCCCCCCCC[N+](C)(C)C.CCCCCCCCCCCCCCCC[N+](C)(C)C.O=C(O)c1ccc(S(=O)c2ccc(C(=O)O)cc2)cc1. The predicted molar refractivity (Wildman–Crippen MR) is 258 cm³/mol. The van der Waals surface area contributed by atoms with Gasteiger partial charge in [0.2, 0.25) is 0 Å². The molecule has 0 aromatic heterocycles. The number of hydrogen-bond donors (Lipinski definition) is 2. The lowest BCUT2D eigenvalue weighted by Gasteiger charge is -2.23. The highest BCUT2D eigenvalue weighted by atomic mass is 32.2. The lowest BCUT2D eigenvalue weighted by molar-refractivity contribution is -0.870. The molecule has 8 heteroatoms. The molecule has 0 amide bonds. The number of carbonyl (C=O) groups is 2. The Hall–Kier alpha value is -2.55. The molecule has 60 heavy (non-hydrogen) atoms. The van der Waals surface area contributed by atoms with E-state index in [9.17, 15) is 13.8 Å². The van der Waals surface area contributed by atoms with Crippen molar-refractivity contribution < 1.29 is 33.0 Å². The highest BCUT2D eigenvalue weighted by molar-refractivity contribution is 7.85. The Labute approximate surface area is 372 Å². The maximum atomic E-state index is 12.2. The number of unbranched alkanes of at least 4 members (excludes halogenated alkanes) is 26. The van der Waals surface area contributed by atoms with Gasteiger partial charge in [-0.25, -0.2) is 13.8 Å². The van der Waals surface area contributed by atoms with Crippen molar-refractivity contribution in [1.82, 2.24) is 0 Å². The number of nitrogens with zero attached hydrogens (tertiary/aromatic N) is 2. The van der Waals surface area contributed by atoms with E-state index in [0.717, 1.165) is 8.97 Å². The molecule has 0 aliphatic rings. The molecule has 0 aliphatic heterocycles. The van der Waals surface area contributed by atoms with Gasteiger partial charge < -0.3 is 19.2 Å². The fourth-order valence-electron chi connectivity index (χ4n) is 7.14. The van der Waals surface area contributed by atoms with Gasteiger partial charge in [0, 0.05) is 9.79 Å². The largest absolute Gasteiger partial charge is 0.478 e. The fourth-order valence-corrected chi connectivity index (χ4v) is 8.18. The maximum absolute atomic E-state index is 12.2. The Morgan fingerprint density at radius 1 is 0.383 bits per heavy atom. The quantitative estimate of drug-likeness (QED) is 0.0540. The number of carboxylic acids is 2. The lowest BCUT2D eigenvalue weighted by Crippen LogP contribution is -2.35. The van der Waals surface area contributed by atoms with E-state index in [4.69, 9.17) is 10.2 Å². The van der Waals surface area contributed by atoms with Crippen molar-refractivity contribution in [2.45, 2.75) is 203 Å². The van der Waals surface area contributed by atoms with Crippen molar-refractivity contribution in [1.29, 1.82) is 0 Å². The third-order valence-electron chi connectivity index (χ3n) is 11.0. The van der Waals surface area contributed by atoms with E-state index in [1.54, 1.807) is 0 Å². The Kier molecular flexibility index (Phi) is 35.5. The molecule has 0 saturated heterocycles. The summed E-state index contributed by atoms with van der Waals surface area (Å²) in [5.41, 5.74) is 0.235. The molecule has 0 saturated carbocycles. The van der Waals surface area contributed by atoms with E-state index in [1.807, 2.05) is 0 Å². The number of quaternary nitrogens is 2. The first-order chi connectivity index (χ1) is 28.6. The summed E-state index contributed by atoms with van der Waals surface area (Å²) >= 11 is 0. The van der Waals surface area contributed by atoms with Crippen molar-refractivity contribution in [3.63, 3.8) is 0 Å². The molecule has 346 valence electrons. The molecule has 0 fully saturated rings. The van der Waals surface area contributed by atoms with Gasteiger partial charge in [0.05, 0.1) is 77.3 Å². The molecular formula is C52H94N2O5S+2. The van der Waals surface area contributed by atoms with Gasteiger partial charge in [0.1, 0.15) is 0 Å². The van der Waals surface area contributed by atoms with Crippen molar-refractivity contribution in [3.05, 3.63) is 59.7 Å². The zero-order valence-electron chi connectivity index (χ0n) is 40.3. The first-order valence-corrected chi connectivity index (χ1v) is 25.5. The number of hydrogen-bond acceptors (Lipinski definition) is 3. The van der Waals surface area contributed by atoms with Crippen LogP contribution in [0.1, 0.15) is 214 Å². The van der Waals surface area contributed by atoms with Gasteiger partial charge in [0.25, 0.3) is 0 Å². The minimum Gasteiger partial charge on any atom is -0.478 e. The van der Waals surface area contributed by atoms with E-state index in [0.29, 0.717) is 9.79 Å². The minimum absolute atomic E-state index is 0.118. The molecule has 0 radical (unpaired) electrons. The molecule has 0 spiro atoms. The molecule has 0 atom stereocenters. The fraction of sp³-hybridized carbons (Fsp3) is 0.731. The highest BCUT2D eigenvalue weighted by Crippen LogP contribution is 2.19. The van der Waals surface area contributed by atoms with E-state index in [1.165, 1.54) is 241 Å². The molecule has 0 bridgehead atoms. The van der Waals surface area contributed by atoms with Gasteiger partial charge in [-0.2, -0.15) is 0 Å². The van der Waals surface area contributed by atoms with Crippen LogP contribution >= 0.6 is 0 Å². The molecule has 2 N–H and O–H groups in total. The highest BCUT2D eigenvalue weighted by Gasteiger charge is 2.11. The average molecular weight is 859 g/mol. The average Bonchev–Trinajstić information content (AvgIpc) is 3.20. The van der Waals surface area contributed by atoms with Crippen LogP contribution in [0.2, 0.25) is 0 Å².